The molecule has 132 valence electrons. The van der Waals surface area contributed by atoms with Crippen molar-refractivity contribution < 1.29 is 4.79 Å². The molecule has 0 aliphatic rings. The van der Waals surface area contributed by atoms with E-state index in [1.807, 2.05) is 55.5 Å². The van der Waals surface area contributed by atoms with E-state index >= 15 is 0 Å². The van der Waals surface area contributed by atoms with Crippen LogP contribution in [0.4, 0.5) is 10.5 Å². The van der Waals surface area contributed by atoms with Gasteiger partial charge in [-0.15, -0.1) is 0 Å². The van der Waals surface area contributed by atoms with E-state index in [2.05, 4.69) is 15.3 Å². The first-order valence-corrected chi connectivity index (χ1v) is 9.05. The molecule has 0 saturated heterocycles. The van der Waals surface area contributed by atoms with Gasteiger partial charge in [0.2, 0.25) is 0 Å². The largest absolute Gasteiger partial charge is 0.323 e. The second-order valence-electron chi connectivity index (χ2n) is 5.87. The number of pyridine rings is 2. The van der Waals surface area contributed by atoms with E-state index < -0.39 is 0 Å². The zero-order chi connectivity index (χ0) is 18.4. The maximum atomic E-state index is 12.5. The van der Waals surface area contributed by atoms with Gasteiger partial charge in [0.05, 0.1) is 0 Å². The van der Waals surface area contributed by atoms with Crippen LogP contribution >= 0.6 is 11.8 Å². The van der Waals surface area contributed by atoms with E-state index in [1.165, 1.54) is 17.3 Å². The van der Waals surface area contributed by atoms with E-state index in [-0.39, 0.29) is 6.03 Å². The van der Waals surface area contributed by atoms with Gasteiger partial charge in [-0.2, -0.15) is 0 Å². The van der Waals surface area contributed by atoms with Crippen LogP contribution in [0.1, 0.15) is 11.1 Å². The molecule has 0 unspecified atom stereocenters. The molecule has 1 aromatic carbocycles. The number of carbonyl (C=O) groups excluding carboxylic acids is 1. The zero-order valence-corrected chi connectivity index (χ0v) is 15.5. The number of aromatic nitrogens is 2. The predicted octanol–water partition coefficient (Wildman–Crippen LogP) is 4.60. The minimum Gasteiger partial charge on any atom is -0.323 e. The molecule has 5 nitrogen and oxygen atoms in total. The molecular weight excluding hydrogens is 344 g/mol. The van der Waals surface area contributed by atoms with Gasteiger partial charge in [0.15, 0.2) is 0 Å². The maximum absolute atomic E-state index is 12.5. The molecule has 0 fully saturated rings. The van der Waals surface area contributed by atoms with Crippen molar-refractivity contribution in [2.75, 3.05) is 12.4 Å². The van der Waals surface area contributed by atoms with E-state index in [9.17, 15) is 4.79 Å². The smallest absolute Gasteiger partial charge is 0.321 e. The van der Waals surface area contributed by atoms with E-state index in [0.29, 0.717) is 12.2 Å². The normalized spacial score (nSPS) is 10.4. The van der Waals surface area contributed by atoms with E-state index in [0.717, 1.165) is 15.6 Å². The zero-order valence-electron chi connectivity index (χ0n) is 14.7. The molecule has 1 N–H and O–H groups in total. The lowest BCUT2D eigenvalue weighted by molar-refractivity contribution is 0.220. The van der Waals surface area contributed by atoms with Crippen molar-refractivity contribution in [3.63, 3.8) is 0 Å². The first-order chi connectivity index (χ1) is 12.6. The molecule has 0 aliphatic carbocycles. The molecule has 0 bridgehead atoms. The molecule has 2 aromatic heterocycles. The third-order valence-electron chi connectivity index (χ3n) is 3.85. The van der Waals surface area contributed by atoms with Crippen molar-refractivity contribution in [2.45, 2.75) is 23.5 Å². The molecular formula is C20H20N4OS. The second-order valence-corrected chi connectivity index (χ2v) is 6.91. The molecule has 3 rings (SSSR count). The lowest BCUT2D eigenvalue weighted by Crippen LogP contribution is -2.31. The summed E-state index contributed by atoms with van der Waals surface area (Å²) in [7, 11) is 1.78. The van der Waals surface area contributed by atoms with Crippen LogP contribution in [-0.4, -0.2) is 27.9 Å². The third kappa shape index (κ3) is 4.83. The minimum absolute atomic E-state index is 0.159. The number of anilines is 1. The standard InChI is InChI=1S/C20H20N4OS/c1-15-7-3-4-8-16(15)14-24(2)20(25)23-17-10-12-22-19(13-17)26-18-9-5-6-11-21-18/h3-13H,14H2,1-2H3,(H,22,23,25). The molecule has 0 saturated carbocycles. The number of nitrogens with zero attached hydrogens (tertiary/aromatic N) is 3. The van der Waals surface area contributed by atoms with Crippen molar-refractivity contribution in [1.82, 2.24) is 14.9 Å². The number of amides is 2. The predicted molar refractivity (Wildman–Crippen MR) is 104 cm³/mol. The summed E-state index contributed by atoms with van der Waals surface area (Å²) in [6, 6.07) is 17.3. The number of hydrogen-bond acceptors (Lipinski definition) is 4. The Bertz CT molecular complexity index is 886. The van der Waals surface area contributed by atoms with Crippen molar-refractivity contribution in [2.24, 2.45) is 0 Å². The fourth-order valence-electron chi connectivity index (χ4n) is 2.39. The van der Waals surface area contributed by atoms with Crippen molar-refractivity contribution in [1.29, 1.82) is 0 Å². The second kappa shape index (κ2) is 8.49. The Kier molecular flexibility index (Phi) is 5.86. The summed E-state index contributed by atoms with van der Waals surface area (Å²) in [4.78, 5) is 22.7. The summed E-state index contributed by atoms with van der Waals surface area (Å²) < 4.78 is 0. The highest BCUT2D eigenvalue weighted by Gasteiger charge is 2.11. The van der Waals surface area contributed by atoms with Gasteiger partial charge in [-0.25, -0.2) is 14.8 Å². The van der Waals surface area contributed by atoms with Gasteiger partial charge in [0.1, 0.15) is 10.1 Å². The fourth-order valence-corrected chi connectivity index (χ4v) is 3.17. The minimum atomic E-state index is -0.159. The molecule has 0 spiro atoms. The Morgan fingerprint density at radius 2 is 1.81 bits per heavy atom. The average molecular weight is 364 g/mol. The molecule has 26 heavy (non-hydrogen) atoms. The van der Waals surface area contributed by atoms with Crippen LogP contribution in [0.15, 0.2) is 77.0 Å². The Morgan fingerprint density at radius 1 is 1.04 bits per heavy atom. The Labute approximate surface area is 157 Å². The van der Waals surface area contributed by atoms with Crippen LogP contribution < -0.4 is 5.32 Å². The fraction of sp³-hybridized carbons (Fsp3) is 0.150. The summed E-state index contributed by atoms with van der Waals surface area (Å²) in [5.74, 6) is 0. The highest BCUT2D eigenvalue weighted by atomic mass is 32.2. The summed E-state index contributed by atoms with van der Waals surface area (Å²) in [6.07, 6.45) is 3.43. The number of hydrogen-bond donors (Lipinski definition) is 1. The first-order valence-electron chi connectivity index (χ1n) is 8.23. The Hall–Kier alpha value is -2.86. The van der Waals surface area contributed by atoms with Crippen LogP contribution in [-0.2, 0) is 6.54 Å². The summed E-state index contributed by atoms with van der Waals surface area (Å²) in [6.45, 7) is 2.60. The van der Waals surface area contributed by atoms with Gasteiger partial charge in [0.25, 0.3) is 0 Å². The SMILES string of the molecule is Cc1ccccc1CN(C)C(=O)Nc1ccnc(Sc2ccccn2)c1. The van der Waals surface area contributed by atoms with Gasteiger partial charge in [-0.3, -0.25) is 0 Å². The molecule has 0 atom stereocenters. The molecule has 2 heterocycles. The molecule has 0 radical (unpaired) electrons. The van der Waals surface area contributed by atoms with Crippen LogP contribution in [0.25, 0.3) is 0 Å². The van der Waals surface area contributed by atoms with Crippen LogP contribution in [0, 0.1) is 6.92 Å². The molecule has 0 aliphatic heterocycles. The lowest BCUT2D eigenvalue weighted by Gasteiger charge is -2.19. The molecule has 3 aromatic rings. The topological polar surface area (TPSA) is 58.1 Å². The van der Waals surface area contributed by atoms with Crippen molar-refractivity contribution in [3.8, 4) is 0 Å². The number of rotatable bonds is 5. The third-order valence-corrected chi connectivity index (χ3v) is 4.73. The number of aryl methyl sites for hydroxylation is 1. The monoisotopic (exact) mass is 364 g/mol. The average Bonchev–Trinajstić information content (AvgIpc) is 2.64. The number of urea groups is 1. The van der Waals surface area contributed by atoms with E-state index in [1.54, 1.807) is 30.4 Å². The van der Waals surface area contributed by atoms with Crippen LogP contribution in [0.3, 0.4) is 0 Å². The van der Waals surface area contributed by atoms with Crippen LogP contribution in [0.5, 0.6) is 0 Å². The van der Waals surface area contributed by atoms with Crippen molar-refractivity contribution in [3.05, 3.63) is 78.1 Å². The Balaban J connectivity index is 1.64. The van der Waals surface area contributed by atoms with Gasteiger partial charge in [-0.1, -0.05) is 42.1 Å². The van der Waals surface area contributed by atoms with Gasteiger partial charge in [-0.05, 0) is 42.3 Å². The van der Waals surface area contributed by atoms with Crippen LogP contribution in [0.2, 0.25) is 0 Å². The first kappa shape index (κ1) is 17.9. The highest BCUT2D eigenvalue weighted by Crippen LogP contribution is 2.25. The van der Waals surface area contributed by atoms with Crippen molar-refractivity contribution >= 4 is 23.5 Å². The van der Waals surface area contributed by atoms with Gasteiger partial charge >= 0.3 is 6.03 Å². The molecule has 6 heteroatoms. The number of carbonyl (C=O) groups is 1. The molecule has 2 amide bonds. The number of nitrogens with one attached hydrogen (secondary N) is 1. The highest BCUT2D eigenvalue weighted by molar-refractivity contribution is 7.99. The quantitative estimate of drug-likeness (QED) is 0.719. The lowest BCUT2D eigenvalue weighted by atomic mass is 10.1. The summed E-state index contributed by atoms with van der Waals surface area (Å²) >= 11 is 1.45. The van der Waals surface area contributed by atoms with Gasteiger partial charge < -0.3 is 10.2 Å². The number of benzene rings is 1. The Morgan fingerprint density at radius 3 is 2.58 bits per heavy atom. The van der Waals surface area contributed by atoms with E-state index in [4.69, 9.17) is 0 Å². The maximum Gasteiger partial charge on any atom is 0.321 e. The summed E-state index contributed by atoms with van der Waals surface area (Å²) in [5.41, 5.74) is 3.01. The summed E-state index contributed by atoms with van der Waals surface area (Å²) in [5, 5.41) is 4.56. The van der Waals surface area contributed by atoms with Gasteiger partial charge in [0, 0.05) is 31.7 Å².